The molecule has 3 rings (SSSR count). The van der Waals surface area contributed by atoms with Crippen molar-refractivity contribution in [2.45, 2.75) is 6.10 Å². The molecule has 1 atom stereocenters. The van der Waals surface area contributed by atoms with Gasteiger partial charge in [0, 0.05) is 36.0 Å². The van der Waals surface area contributed by atoms with Crippen molar-refractivity contribution < 1.29 is 23.8 Å². The van der Waals surface area contributed by atoms with Crippen molar-refractivity contribution in [3.05, 3.63) is 53.1 Å². The fraction of sp³-hybridized carbons (Fsp3) is 0.263. The molecule has 2 amide bonds. The summed E-state index contributed by atoms with van der Waals surface area (Å²) in [6, 6.07) is 12.1. The molecule has 2 aromatic carbocycles. The largest absolute Gasteiger partial charge is 0.486 e. The van der Waals surface area contributed by atoms with Gasteiger partial charge in [-0.15, -0.1) is 0 Å². The predicted octanol–water partition coefficient (Wildman–Crippen LogP) is 2.55. The average molecular weight is 391 g/mol. The van der Waals surface area contributed by atoms with Gasteiger partial charge in [-0.2, -0.15) is 0 Å². The van der Waals surface area contributed by atoms with Crippen LogP contribution in [-0.4, -0.2) is 38.7 Å². The fourth-order valence-electron chi connectivity index (χ4n) is 2.63. The van der Waals surface area contributed by atoms with Crippen LogP contribution in [0.25, 0.3) is 0 Å². The van der Waals surface area contributed by atoms with E-state index in [1.807, 2.05) is 6.07 Å². The van der Waals surface area contributed by atoms with Gasteiger partial charge >= 0.3 is 11.8 Å². The quantitative estimate of drug-likeness (QED) is 0.766. The first-order valence-corrected chi connectivity index (χ1v) is 8.72. The summed E-state index contributed by atoms with van der Waals surface area (Å²) in [7, 11) is 1.51. The van der Waals surface area contributed by atoms with Crippen LogP contribution < -0.4 is 20.1 Å². The van der Waals surface area contributed by atoms with Crippen molar-refractivity contribution in [2.24, 2.45) is 0 Å². The molecule has 0 fully saturated rings. The van der Waals surface area contributed by atoms with Crippen LogP contribution in [0.3, 0.4) is 0 Å². The van der Waals surface area contributed by atoms with Gasteiger partial charge in [-0.25, -0.2) is 0 Å². The van der Waals surface area contributed by atoms with E-state index in [1.54, 1.807) is 36.4 Å². The number of carbonyl (C=O) groups is 2. The zero-order valence-corrected chi connectivity index (χ0v) is 15.4. The van der Waals surface area contributed by atoms with Gasteiger partial charge in [0.15, 0.2) is 11.5 Å². The number of benzene rings is 2. The second kappa shape index (κ2) is 8.75. The smallest absolute Gasteiger partial charge is 0.313 e. The molecule has 0 spiro atoms. The summed E-state index contributed by atoms with van der Waals surface area (Å²) in [5.41, 5.74) is 1.17. The Balaban J connectivity index is 1.57. The maximum Gasteiger partial charge on any atom is 0.313 e. The minimum absolute atomic E-state index is 0.105. The molecular formula is C19H19ClN2O5. The number of hydrogen-bond donors (Lipinski definition) is 2. The van der Waals surface area contributed by atoms with E-state index in [2.05, 4.69) is 10.6 Å². The molecule has 1 heterocycles. The van der Waals surface area contributed by atoms with Gasteiger partial charge in [-0.05, 0) is 18.2 Å². The van der Waals surface area contributed by atoms with Gasteiger partial charge in [-0.3, -0.25) is 9.59 Å². The van der Waals surface area contributed by atoms with E-state index in [0.29, 0.717) is 35.4 Å². The minimum Gasteiger partial charge on any atom is -0.486 e. The molecule has 0 saturated carbocycles. The van der Waals surface area contributed by atoms with E-state index in [1.165, 1.54) is 7.11 Å². The summed E-state index contributed by atoms with van der Waals surface area (Å²) in [6.07, 6.45) is -0.468. The van der Waals surface area contributed by atoms with E-state index in [4.69, 9.17) is 25.8 Å². The predicted molar refractivity (Wildman–Crippen MR) is 100 cm³/mol. The molecule has 0 aliphatic carbocycles. The fourth-order valence-corrected chi connectivity index (χ4v) is 2.89. The van der Waals surface area contributed by atoms with Gasteiger partial charge in [0.1, 0.15) is 19.3 Å². The standard InChI is InChI=1S/C19H19ClN2O5/c1-25-17(13-4-2-3-5-14(13)20)11-21-18(23)19(24)22-12-6-7-15-16(10-12)27-9-8-26-15/h2-7,10,17H,8-9,11H2,1H3,(H,21,23)(H,22,24). The SMILES string of the molecule is COC(CNC(=O)C(=O)Nc1ccc2c(c1)OCCO2)c1ccccc1Cl. The Morgan fingerprint density at radius 3 is 2.59 bits per heavy atom. The number of anilines is 1. The first kappa shape index (κ1) is 19.0. The Labute approximate surface area is 161 Å². The molecule has 7 nitrogen and oxygen atoms in total. The number of nitrogens with one attached hydrogen (secondary N) is 2. The average Bonchev–Trinajstić information content (AvgIpc) is 2.69. The normalized spacial score (nSPS) is 13.6. The van der Waals surface area contributed by atoms with Crippen molar-refractivity contribution in [3.63, 3.8) is 0 Å². The van der Waals surface area contributed by atoms with Crippen molar-refractivity contribution in [1.82, 2.24) is 5.32 Å². The molecule has 1 aliphatic heterocycles. The Kier molecular flexibility index (Phi) is 6.16. The lowest BCUT2D eigenvalue weighted by molar-refractivity contribution is -0.136. The third-order valence-corrected chi connectivity index (χ3v) is 4.34. The zero-order chi connectivity index (χ0) is 19.2. The molecule has 8 heteroatoms. The summed E-state index contributed by atoms with van der Waals surface area (Å²) in [5.74, 6) is -0.441. The van der Waals surface area contributed by atoms with E-state index < -0.39 is 17.9 Å². The lowest BCUT2D eigenvalue weighted by Crippen LogP contribution is -2.38. The molecule has 0 bridgehead atoms. The highest BCUT2D eigenvalue weighted by Crippen LogP contribution is 2.32. The third kappa shape index (κ3) is 4.69. The van der Waals surface area contributed by atoms with Gasteiger partial charge in [0.2, 0.25) is 0 Å². The Bertz CT molecular complexity index is 843. The number of carbonyl (C=O) groups excluding carboxylic acids is 2. The van der Waals surface area contributed by atoms with Crippen LogP contribution in [0.1, 0.15) is 11.7 Å². The van der Waals surface area contributed by atoms with Crippen LogP contribution >= 0.6 is 11.6 Å². The summed E-state index contributed by atoms with van der Waals surface area (Å²) >= 11 is 6.15. The van der Waals surface area contributed by atoms with Crippen molar-refractivity contribution in [3.8, 4) is 11.5 Å². The number of halogens is 1. The van der Waals surface area contributed by atoms with E-state index in [0.717, 1.165) is 5.56 Å². The van der Waals surface area contributed by atoms with Crippen LogP contribution in [0, 0.1) is 0 Å². The Morgan fingerprint density at radius 2 is 1.85 bits per heavy atom. The topological polar surface area (TPSA) is 85.9 Å². The summed E-state index contributed by atoms with van der Waals surface area (Å²) < 4.78 is 16.2. The Hall–Kier alpha value is -2.77. The highest BCUT2D eigenvalue weighted by atomic mass is 35.5. The molecule has 2 N–H and O–H groups in total. The molecule has 0 radical (unpaired) electrons. The van der Waals surface area contributed by atoms with Crippen LogP contribution in [-0.2, 0) is 14.3 Å². The second-order valence-electron chi connectivity index (χ2n) is 5.77. The molecule has 2 aromatic rings. The van der Waals surface area contributed by atoms with E-state index in [9.17, 15) is 9.59 Å². The maximum absolute atomic E-state index is 12.1. The summed E-state index contributed by atoms with van der Waals surface area (Å²) in [5, 5.41) is 5.61. The van der Waals surface area contributed by atoms with E-state index >= 15 is 0 Å². The van der Waals surface area contributed by atoms with Gasteiger partial charge < -0.3 is 24.8 Å². The first-order chi connectivity index (χ1) is 13.1. The third-order valence-electron chi connectivity index (χ3n) is 3.99. The van der Waals surface area contributed by atoms with Crippen molar-refractivity contribution in [2.75, 3.05) is 32.2 Å². The maximum atomic E-state index is 12.1. The monoisotopic (exact) mass is 390 g/mol. The number of fused-ring (bicyclic) bond motifs is 1. The number of methoxy groups -OCH3 is 1. The molecule has 0 saturated heterocycles. The van der Waals surface area contributed by atoms with Crippen LogP contribution in [0.4, 0.5) is 5.69 Å². The first-order valence-electron chi connectivity index (χ1n) is 8.34. The zero-order valence-electron chi connectivity index (χ0n) is 14.7. The van der Waals surface area contributed by atoms with Crippen LogP contribution in [0.15, 0.2) is 42.5 Å². The van der Waals surface area contributed by atoms with Crippen LogP contribution in [0.5, 0.6) is 11.5 Å². The lowest BCUT2D eigenvalue weighted by Gasteiger charge is -2.19. The van der Waals surface area contributed by atoms with Crippen molar-refractivity contribution in [1.29, 1.82) is 0 Å². The number of rotatable bonds is 5. The number of amides is 2. The molecule has 1 unspecified atom stereocenters. The highest BCUT2D eigenvalue weighted by Gasteiger charge is 2.19. The number of hydrogen-bond acceptors (Lipinski definition) is 5. The Morgan fingerprint density at radius 1 is 1.11 bits per heavy atom. The van der Waals surface area contributed by atoms with Gasteiger partial charge in [-0.1, -0.05) is 29.8 Å². The van der Waals surface area contributed by atoms with Gasteiger partial charge in [0.05, 0.1) is 0 Å². The summed E-state index contributed by atoms with van der Waals surface area (Å²) in [4.78, 5) is 24.2. The molecule has 142 valence electrons. The molecule has 1 aliphatic rings. The van der Waals surface area contributed by atoms with Crippen LogP contribution in [0.2, 0.25) is 5.02 Å². The van der Waals surface area contributed by atoms with Gasteiger partial charge in [0.25, 0.3) is 0 Å². The molecule has 0 aromatic heterocycles. The molecule has 27 heavy (non-hydrogen) atoms. The molecular weight excluding hydrogens is 372 g/mol. The van der Waals surface area contributed by atoms with E-state index in [-0.39, 0.29) is 6.54 Å². The lowest BCUT2D eigenvalue weighted by atomic mass is 10.1. The van der Waals surface area contributed by atoms with Crippen molar-refractivity contribution >= 4 is 29.1 Å². The second-order valence-corrected chi connectivity index (χ2v) is 6.18. The highest BCUT2D eigenvalue weighted by molar-refractivity contribution is 6.39. The number of ether oxygens (including phenoxy) is 3. The summed E-state index contributed by atoms with van der Waals surface area (Å²) in [6.45, 7) is 1.02. The minimum atomic E-state index is -0.791.